The van der Waals surface area contributed by atoms with Crippen LogP contribution in [-0.2, 0) is 26.2 Å². The molecule has 0 aromatic heterocycles. The molecule has 0 radical (unpaired) electrons. The van der Waals surface area contributed by atoms with Crippen molar-refractivity contribution in [3.63, 3.8) is 0 Å². The number of carbonyl (C=O) groups is 2. The van der Waals surface area contributed by atoms with E-state index in [0.29, 0.717) is 12.2 Å². The lowest BCUT2D eigenvalue weighted by Gasteiger charge is -2.34. The molecule has 1 fully saturated rings. The Morgan fingerprint density at radius 1 is 0.977 bits per heavy atom. The molecule has 43 heavy (non-hydrogen) atoms. The lowest BCUT2D eigenvalue weighted by atomic mass is 10.1. The van der Waals surface area contributed by atoms with Gasteiger partial charge in [-0.25, -0.2) is 8.42 Å². The molecule has 11 heteroatoms. The number of nitrogens with one attached hydrogen (secondary N) is 1. The number of aryl methyl sites for hydroxylation is 1. The summed E-state index contributed by atoms with van der Waals surface area (Å²) in [6.45, 7) is 3.24. The Morgan fingerprint density at radius 2 is 1.63 bits per heavy atom. The van der Waals surface area contributed by atoms with Crippen LogP contribution >= 0.6 is 23.2 Å². The summed E-state index contributed by atoms with van der Waals surface area (Å²) in [6.07, 6.45) is 4.23. The van der Waals surface area contributed by atoms with E-state index >= 15 is 0 Å². The Balaban J connectivity index is 1.73. The minimum absolute atomic E-state index is 0.0182. The molecule has 2 amide bonds. The van der Waals surface area contributed by atoms with Gasteiger partial charge in [-0.2, -0.15) is 0 Å². The van der Waals surface area contributed by atoms with E-state index in [2.05, 4.69) is 5.32 Å². The van der Waals surface area contributed by atoms with E-state index in [9.17, 15) is 18.0 Å². The van der Waals surface area contributed by atoms with Crippen LogP contribution in [0, 0.1) is 6.92 Å². The number of anilines is 1. The van der Waals surface area contributed by atoms with Gasteiger partial charge in [0.1, 0.15) is 18.3 Å². The van der Waals surface area contributed by atoms with Crippen molar-refractivity contribution in [2.75, 3.05) is 18.0 Å². The van der Waals surface area contributed by atoms with Crippen LogP contribution in [-0.4, -0.2) is 50.9 Å². The van der Waals surface area contributed by atoms with Crippen molar-refractivity contribution in [2.24, 2.45) is 0 Å². The summed E-state index contributed by atoms with van der Waals surface area (Å²) in [5.74, 6) is -0.132. The molecule has 230 valence electrons. The average molecular weight is 647 g/mol. The Bertz CT molecular complexity index is 1530. The van der Waals surface area contributed by atoms with Crippen LogP contribution in [0.2, 0.25) is 10.0 Å². The van der Waals surface area contributed by atoms with Gasteiger partial charge in [-0.05, 0) is 74.2 Å². The molecule has 1 aliphatic rings. The lowest BCUT2D eigenvalue weighted by molar-refractivity contribution is -0.140. The van der Waals surface area contributed by atoms with Gasteiger partial charge in [0.2, 0.25) is 11.8 Å². The number of sulfonamides is 1. The number of nitrogens with zero attached hydrogens (tertiary/aromatic N) is 2. The first-order valence-corrected chi connectivity index (χ1v) is 16.5. The van der Waals surface area contributed by atoms with Crippen LogP contribution in [0.3, 0.4) is 0 Å². The summed E-state index contributed by atoms with van der Waals surface area (Å²) in [5, 5.41) is 3.51. The molecular formula is C32H37Cl2N3O5S. The molecule has 1 unspecified atom stereocenters. The SMILES string of the molecule is CCC(C(=O)NC1CCCC1)N(Cc1ccc(OC)cc1)C(=O)CN(c1ccc(Cl)c(Cl)c1)S(=O)(=O)c1ccc(C)cc1. The highest BCUT2D eigenvalue weighted by Crippen LogP contribution is 2.31. The van der Waals surface area contributed by atoms with Gasteiger partial charge in [-0.1, -0.05) is 72.8 Å². The molecule has 4 rings (SSSR count). The predicted octanol–water partition coefficient (Wildman–Crippen LogP) is 6.37. The molecule has 1 N–H and O–H groups in total. The number of carbonyl (C=O) groups excluding carboxylic acids is 2. The van der Waals surface area contributed by atoms with Gasteiger partial charge in [0, 0.05) is 12.6 Å². The van der Waals surface area contributed by atoms with E-state index in [1.165, 1.54) is 35.2 Å². The number of hydrogen-bond donors (Lipinski definition) is 1. The van der Waals surface area contributed by atoms with E-state index in [1.807, 2.05) is 26.0 Å². The number of benzene rings is 3. The van der Waals surface area contributed by atoms with Crippen LogP contribution in [0.1, 0.15) is 50.2 Å². The Kier molecular flexibility index (Phi) is 11.0. The fourth-order valence-electron chi connectivity index (χ4n) is 5.22. The van der Waals surface area contributed by atoms with E-state index in [-0.39, 0.29) is 39.1 Å². The van der Waals surface area contributed by atoms with Crippen molar-refractivity contribution in [3.05, 3.63) is 87.9 Å². The summed E-state index contributed by atoms with van der Waals surface area (Å²) >= 11 is 12.4. The summed E-state index contributed by atoms with van der Waals surface area (Å²) in [7, 11) is -2.65. The zero-order chi connectivity index (χ0) is 31.1. The first-order chi connectivity index (χ1) is 20.5. The van der Waals surface area contributed by atoms with Crippen molar-refractivity contribution >= 4 is 50.7 Å². The van der Waals surface area contributed by atoms with Crippen molar-refractivity contribution in [1.29, 1.82) is 0 Å². The summed E-state index contributed by atoms with van der Waals surface area (Å²) in [5.41, 5.74) is 1.83. The highest BCUT2D eigenvalue weighted by atomic mass is 35.5. The van der Waals surface area contributed by atoms with Gasteiger partial charge in [0.05, 0.1) is 27.7 Å². The first kappa shape index (κ1) is 32.6. The molecule has 0 saturated heterocycles. The normalized spacial score (nSPS) is 14.3. The quantitative estimate of drug-likeness (QED) is 0.247. The van der Waals surface area contributed by atoms with E-state index < -0.39 is 28.5 Å². The fourth-order valence-corrected chi connectivity index (χ4v) is 6.92. The monoisotopic (exact) mass is 645 g/mol. The van der Waals surface area contributed by atoms with Gasteiger partial charge < -0.3 is 15.0 Å². The Morgan fingerprint density at radius 3 is 2.21 bits per heavy atom. The third kappa shape index (κ3) is 8.02. The molecule has 3 aromatic rings. The maximum atomic E-state index is 14.2. The fraction of sp³-hybridized carbons (Fsp3) is 0.375. The van der Waals surface area contributed by atoms with Gasteiger partial charge in [-0.15, -0.1) is 0 Å². The first-order valence-electron chi connectivity index (χ1n) is 14.3. The van der Waals surface area contributed by atoms with Crippen molar-refractivity contribution in [1.82, 2.24) is 10.2 Å². The van der Waals surface area contributed by atoms with Crippen LogP contribution < -0.4 is 14.4 Å². The number of ether oxygens (including phenoxy) is 1. The smallest absolute Gasteiger partial charge is 0.264 e. The van der Waals surface area contributed by atoms with Crippen LogP contribution in [0.4, 0.5) is 5.69 Å². The maximum absolute atomic E-state index is 14.2. The van der Waals surface area contributed by atoms with Crippen molar-refractivity contribution in [3.8, 4) is 5.75 Å². The molecule has 0 spiro atoms. The number of methoxy groups -OCH3 is 1. The summed E-state index contributed by atoms with van der Waals surface area (Å²) in [4.78, 5) is 29.3. The molecule has 0 heterocycles. The minimum Gasteiger partial charge on any atom is -0.497 e. The second kappa shape index (κ2) is 14.5. The standard InChI is InChI=1S/C32H37Cl2N3O5S/c1-4-30(32(39)35-24-7-5-6-8-24)36(20-23-11-14-26(42-3)15-12-23)31(38)21-37(25-13-18-28(33)29(34)19-25)43(40,41)27-16-9-22(2)10-17-27/h9-19,24,30H,4-8,20-21H2,1-3H3,(H,35,39). The third-order valence-corrected chi connectivity index (χ3v) is 10.2. The van der Waals surface area contributed by atoms with Gasteiger partial charge >= 0.3 is 0 Å². The van der Waals surface area contributed by atoms with Crippen LogP contribution in [0.15, 0.2) is 71.6 Å². The number of rotatable bonds is 12. The Labute approximate surface area is 264 Å². The van der Waals surface area contributed by atoms with E-state index in [4.69, 9.17) is 27.9 Å². The molecule has 8 nitrogen and oxygen atoms in total. The molecular weight excluding hydrogens is 609 g/mol. The molecule has 1 atom stereocenters. The zero-order valence-corrected chi connectivity index (χ0v) is 26.9. The van der Waals surface area contributed by atoms with Crippen molar-refractivity contribution in [2.45, 2.75) is 69.5 Å². The van der Waals surface area contributed by atoms with Crippen molar-refractivity contribution < 1.29 is 22.7 Å². The van der Waals surface area contributed by atoms with Crippen LogP contribution in [0.5, 0.6) is 5.75 Å². The minimum atomic E-state index is -4.22. The Hall–Kier alpha value is -3.27. The number of halogens is 2. The summed E-state index contributed by atoms with van der Waals surface area (Å²) < 4.78 is 34.3. The highest BCUT2D eigenvalue weighted by Gasteiger charge is 2.34. The number of amides is 2. The lowest BCUT2D eigenvalue weighted by Crippen LogP contribution is -2.53. The second-order valence-electron chi connectivity index (χ2n) is 10.7. The maximum Gasteiger partial charge on any atom is 0.264 e. The van der Waals surface area contributed by atoms with Crippen LogP contribution in [0.25, 0.3) is 0 Å². The second-order valence-corrected chi connectivity index (χ2v) is 13.4. The zero-order valence-electron chi connectivity index (χ0n) is 24.6. The largest absolute Gasteiger partial charge is 0.497 e. The molecule has 1 saturated carbocycles. The average Bonchev–Trinajstić information content (AvgIpc) is 3.50. The molecule has 3 aromatic carbocycles. The third-order valence-electron chi connectivity index (χ3n) is 7.68. The van der Waals surface area contributed by atoms with E-state index in [0.717, 1.165) is 41.1 Å². The predicted molar refractivity (Wildman–Crippen MR) is 170 cm³/mol. The topological polar surface area (TPSA) is 96.0 Å². The van der Waals surface area contributed by atoms with E-state index in [1.54, 1.807) is 31.4 Å². The molecule has 1 aliphatic carbocycles. The van der Waals surface area contributed by atoms with Gasteiger partial charge in [0.15, 0.2) is 0 Å². The summed E-state index contributed by atoms with van der Waals surface area (Å²) in [6, 6.07) is 17.2. The number of hydrogen-bond acceptors (Lipinski definition) is 5. The molecule has 0 aliphatic heterocycles. The van der Waals surface area contributed by atoms with Gasteiger partial charge in [0.25, 0.3) is 10.0 Å². The highest BCUT2D eigenvalue weighted by molar-refractivity contribution is 7.92. The van der Waals surface area contributed by atoms with Gasteiger partial charge in [-0.3, -0.25) is 13.9 Å². The molecule has 0 bridgehead atoms.